The van der Waals surface area contributed by atoms with Crippen LogP contribution in [-0.2, 0) is 9.53 Å². The van der Waals surface area contributed by atoms with E-state index >= 15 is 0 Å². The number of benzene rings is 2. The molecule has 2 aromatic heterocycles. The Balaban J connectivity index is 1.68. The minimum atomic E-state index is -0.646. The summed E-state index contributed by atoms with van der Waals surface area (Å²) in [5, 5.41) is 0.659. The van der Waals surface area contributed by atoms with Crippen LogP contribution in [0.5, 0.6) is 0 Å². The second-order valence-corrected chi connectivity index (χ2v) is 11.4. The van der Waals surface area contributed by atoms with Crippen molar-refractivity contribution in [2.75, 3.05) is 25.6 Å². The highest BCUT2D eigenvalue weighted by Gasteiger charge is 2.33. The number of rotatable bonds is 6. The van der Waals surface area contributed by atoms with Gasteiger partial charge in [0.25, 0.3) is 5.56 Å². The number of aromatic nitrogens is 2. The molecule has 5 rings (SSSR count). The van der Waals surface area contributed by atoms with Crippen LogP contribution in [0.25, 0.3) is 11.8 Å². The average molecular weight is 575 g/mol. The topological polar surface area (TPSA) is 68.8 Å². The van der Waals surface area contributed by atoms with Gasteiger partial charge in [0.2, 0.25) is 0 Å². The highest BCUT2D eigenvalue weighted by molar-refractivity contribution is 7.07. The van der Waals surface area contributed by atoms with Gasteiger partial charge in [0.1, 0.15) is 0 Å². The molecule has 0 saturated carbocycles. The van der Waals surface area contributed by atoms with E-state index in [1.165, 1.54) is 11.3 Å². The van der Waals surface area contributed by atoms with Gasteiger partial charge >= 0.3 is 5.97 Å². The number of hydrogen-bond acceptors (Lipinski definition) is 6. The minimum absolute atomic E-state index is 0.202. The van der Waals surface area contributed by atoms with Crippen LogP contribution in [0.2, 0.25) is 5.02 Å². The fourth-order valence-electron chi connectivity index (χ4n) is 5.15. The number of ether oxygens (including phenoxy) is 1. The summed E-state index contributed by atoms with van der Waals surface area (Å²) in [5.41, 5.74) is 6.45. The van der Waals surface area contributed by atoms with Gasteiger partial charge in [-0.3, -0.25) is 9.36 Å². The van der Waals surface area contributed by atoms with Crippen molar-refractivity contribution in [1.29, 1.82) is 0 Å². The van der Waals surface area contributed by atoms with Gasteiger partial charge in [-0.25, -0.2) is 9.79 Å². The highest BCUT2D eigenvalue weighted by Crippen LogP contribution is 2.32. The number of fused-ring (bicyclic) bond motifs is 1. The zero-order chi connectivity index (χ0) is 28.7. The van der Waals surface area contributed by atoms with E-state index in [0.29, 0.717) is 25.6 Å². The van der Waals surface area contributed by atoms with E-state index in [1.54, 1.807) is 18.4 Å². The second kappa shape index (κ2) is 10.9. The Kier molecular flexibility index (Phi) is 7.57. The smallest absolute Gasteiger partial charge is 0.338 e. The zero-order valence-corrected chi connectivity index (χ0v) is 24.9. The van der Waals surface area contributed by atoms with E-state index in [2.05, 4.69) is 15.6 Å². The second-order valence-electron chi connectivity index (χ2n) is 9.93. The van der Waals surface area contributed by atoms with Crippen LogP contribution in [0.1, 0.15) is 42.4 Å². The molecule has 0 fully saturated rings. The van der Waals surface area contributed by atoms with Crippen molar-refractivity contribution in [3.05, 3.63) is 113 Å². The molecule has 0 spiro atoms. The van der Waals surface area contributed by atoms with Gasteiger partial charge in [0, 0.05) is 41.9 Å². The van der Waals surface area contributed by atoms with Gasteiger partial charge < -0.3 is 14.2 Å². The van der Waals surface area contributed by atoms with Crippen molar-refractivity contribution >= 4 is 40.7 Å². The number of thiazole rings is 1. The van der Waals surface area contributed by atoms with E-state index in [9.17, 15) is 9.59 Å². The highest BCUT2D eigenvalue weighted by atomic mass is 35.5. The molecule has 0 N–H and O–H groups in total. The van der Waals surface area contributed by atoms with E-state index in [4.69, 9.17) is 16.3 Å². The molecule has 206 valence electrons. The zero-order valence-electron chi connectivity index (χ0n) is 23.4. The van der Waals surface area contributed by atoms with Crippen LogP contribution in [0.3, 0.4) is 0 Å². The molecule has 7 nitrogen and oxygen atoms in total. The summed E-state index contributed by atoms with van der Waals surface area (Å²) in [6.45, 7) is 7.84. The number of aryl methyl sites for hydroxylation is 1. The maximum atomic E-state index is 14.0. The first-order valence-electron chi connectivity index (χ1n) is 13.0. The van der Waals surface area contributed by atoms with E-state index in [-0.39, 0.29) is 12.2 Å². The molecule has 1 atom stereocenters. The molecular formula is C31H31ClN4O3S. The summed E-state index contributed by atoms with van der Waals surface area (Å²) in [6.07, 6.45) is 1.91. The van der Waals surface area contributed by atoms with Crippen LogP contribution < -0.4 is 19.8 Å². The van der Waals surface area contributed by atoms with E-state index < -0.39 is 12.0 Å². The number of halogens is 1. The van der Waals surface area contributed by atoms with E-state index in [0.717, 1.165) is 33.9 Å². The summed E-state index contributed by atoms with van der Waals surface area (Å²) < 4.78 is 9.69. The van der Waals surface area contributed by atoms with Gasteiger partial charge in [-0.2, -0.15) is 0 Å². The lowest BCUT2D eigenvalue weighted by molar-refractivity contribution is -0.139. The molecule has 0 unspecified atom stereocenters. The third-order valence-electron chi connectivity index (χ3n) is 7.07. The normalized spacial score (nSPS) is 15.2. The molecule has 0 bridgehead atoms. The number of allylic oxidation sites excluding steroid dienone is 1. The average Bonchev–Trinajstić information content (AvgIpc) is 3.37. The molecule has 3 heterocycles. The Labute approximate surface area is 241 Å². The maximum absolute atomic E-state index is 14.0. The van der Waals surface area contributed by atoms with Gasteiger partial charge in [0.15, 0.2) is 4.80 Å². The number of carbonyl (C=O) groups is 1. The minimum Gasteiger partial charge on any atom is -0.463 e. The molecule has 0 aliphatic carbocycles. The van der Waals surface area contributed by atoms with Gasteiger partial charge in [-0.1, -0.05) is 41.1 Å². The summed E-state index contributed by atoms with van der Waals surface area (Å²) >= 11 is 7.57. The Hall–Kier alpha value is -3.88. The van der Waals surface area contributed by atoms with Crippen molar-refractivity contribution in [1.82, 2.24) is 9.13 Å². The number of carbonyl (C=O) groups excluding carboxylic acids is 1. The SMILES string of the molecule is CCOC(=O)C1=C(C)N=c2s/c(=C/c3cc(C)n(-c4cccc(Cl)c4)c3C)c(=O)n2[C@@H]1c1ccc(N(C)C)cc1. The molecule has 1 aliphatic rings. The molecule has 4 aromatic rings. The first-order valence-corrected chi connectivity index (χ1v) is 14.2. The lowest BCUT2D eigenvalue weighted by Gasteiger charge is -2.25. The Morgan fingerprint density at radius 3 is 2.50 bits per heavy atom. The van der Waals surface area contributed by atoms with Gasteiger partial charge in [-0.05, 0) is 81.3 Å². The van der Waals surface area contributed by atoms with Crippen molar-refractivity contribution in [2.45, 2.75) is 33.7 Å². The molecule has 40 heavy (non-hydrogen) atoms. The van der Waals surface area contributed by atoms with E-state index in [1.807, 2.05) is 87.4 Å². The lowest BCUT2D eigenvalue weighted by Crippen LogP contribution is -2.40. The quantitative estimate of drug-likeness (QED) is 0.306. The first-order chi connectivity index (χ1) is 19.1. The fourth-order valence-corrected chi connectivity index (χ4v) is 6.37. The summed E-state index contributed by atoms with van der Waals surface area (Å²) in [5.74, 6) is -0.468. The van der Waals surface area contributed by atoms with Crippen molar-refractivity contribution in [3.8, 4) is 5.69 Å². The van der Waals surface area contributed by atoms with Gasteiger partial charge in [-0.15, -0.1) is 0 Å². The molecule has 0 amide bonds. The summed E-state index contributed by atoms with van der Waals surface area (Å²) in [6, 6.07) is 17.0. The van der Waals surface area contributed by atoms with Crippen LogP contribution in [0.4, 0.5) is 5.69 Å². The molecular weight excluding hydrogens is 544 g/mol. The molecule has 2 aromatic carbocycles. The molecule has 0 saturated heterocycles. The number of hydrogen-bond donors (Lipinski definition) is 0. The predicted octanol–water partition coefficient (Wildman–Crippen LogP) is 4.93. The van der Waals surface area contributed by atoms with Gasteiger partial charge in [0.05, 0.1) is 28.5 Å². The third kappa shape index (κ3) is 4.93. The third-order valence-corrected chi connectivity index (χ3v) is 8.28. The first kappa shape index (κ1) is 27.7. The molecule has 9 heteroatoms. The Morgan fingerprint density at radius 2 is 1.85 bits per heavy atom. The monoisotopic (exact) mass is 574 g/mol. The Bertz CT molecular complexity index is 1830. The van der Waals surface area contributed by atoms with Crippen LogP contribution in [0, 0.1) is 13.8 Å². The van der Waals surface area contributed by atoms with Crippen molar-refractivity contribution in [2.24, 2.45) is 4.99 Å². The van der Waals surface area contributed by atoms with Crippen LogP contribution in [0.15, 0.2) is 75.7 Å². The maximum Gasteiger partial charge on any atom is 0.338 e. The van der Waals surface area contributed by atoms with Crippen LogP contribution in [-0.4, -0.2) is 35.8 Å². The lowest BCUT2D eigenvalue weighted by atomic mass is 9.95. The van der Waals surface area contributed by atoms with Crippen molar-refractivity contribution < 1.29 is 9.53 Å². The standard InChI is InChI=1S/C31H31ClN4O3S/c1-7-39-30(38)27-19(3)33-31-36(28(27)21-11-13-24(14-12-21)34(5)6)29(37)26(40-31)16-22-15-18(2)35(20(22)4)25-10-8-9-23(32)17-25/h8-17,28H,7H2,1-6H3/b26-16+/t28-/m1/s1. The van der Waals surface area contributed by atoms with Crippen molar-refractivity contribution in [3.63, 3.8) is 0 Å². The summed E-state index contributed by atoms with van der Waals surface area (Å²) in [4.78, 5) is 34.4. The largest absolute Gasteiger partial charge is 0.463 e. The summed E-state index contributed by atoms with van der Waals surface area (Å²) in [7, 11) is 3.94. The number of esters is 1. The van der Waals surface area contributed by atoms with Crippen LogP contribution >= 0.6 is 22.9 Å². The number of anilines is 1. The number of nitrogens with zero attached hydrogens (tertiary/aromatic N) is 4. The Morgan fingerprint density at radius 1 is 1.12 bits per heavy atom. The fraction of sp³-hybridized carbons (Fsp3) is 0.258. The molecule has 1 aliphatic heterocycles. The molecule has 0 radical (unpaired) electrons. The predicted molar refractivity (Wildman–Crippen MR) is 161 cm³/mol.